The average molecular weight is 848 g/mol. The highest BCUT2D eigenvalue weighted by molar-refractivity contribution is 6.25. The van der Waals surface area contributed by atoms with Crippen LogP contribution in [0.5, 0.6) is 5.75 Å². The van der Waals surface area contributed by atoms with Gasteiger partial charge in [0.1, 0.15) is 25.0 Å². The summed E-state index contributed by atoms with van der Waals surface area (Å²) in [7, 11) is 0. The number of nitrogens with zero attached hydrogens (tertiary/aromatic N) is 2. The van der Waals surface area contributed by atoms with E-state index in [4.69, 9.17) is 28.4 Å². The van der Waals surface area contributed by atoms with E-state index in [0.717, 1.165) is 29.0 Å². The molecule has 5 N–H and O–H groups in total. The predicted molar refractivity (Wildman–Crippen MR) is 218 cm³/mol. The zero-order chi connectivity index (χ0) is 42.8. The van der Waals surface area contributed by atoms with Gasteiger partial charge in [0.2, 0.25) is 23.6 Å². The Balaban J connectivity index is 0.694. The van der Waals surface area contributed by atoms with Crippen LogP contribution in [0.15, 0.2) is 48.5 Å². The number of rotatable bonds is 27. The molecule has 2 aliphatic heterocycles. The van der Waals surface area contributed by atoms with E-state index in [9.17, 15) is 28.8 Å². The third kappa shape index (κ3) is 13.4. The molecule has 1 saturated carbocycles. The summed E-state index contributed by atoms with van der Waals surface area (Å²) in [4.78, 5) is 75.4. The van der Waals surface area contributed by atoms with Gasteiger partial charge in [-0.25, -0.2) is 0 Å². The van der Waals surface area contributed by atoms with Crippen LogP contribution in [0.4, 0.5) is 11.5 Å². The first-order valence-corrected chi connectivity index (χ1v) is 20.6. The number of aromatic amines is 1. The zero-order valence-electron chi connectivity index (χ0n) is 34.0. The lowest BCUT2D eigenvalue weighted by molar-refractivity contribution is -0.136. The molecule has 61 heavy (non-hydrogen) atoms. The summed E-state index contributed by atoms with van der Waals surface area (Å²) in [6.45, 7) is 3.81. The first kappa shape index (κ1) is 44.8. The van der Waals surface area contributed by atoms with Gasteiger partial charge in [0.25, 0.3) is 11.8 Å². The van der Waals surface area contributed by atoms with E-state index in [1.807, 2.05) is 30.3 Å². The second-order valence-electron chi connectivity index (χ2n) is 14.5. The molecule has 1 aromatic heterocycles. The fraction of sp³-hybridized carbons (Fsp3) is 0.500. The number of fused-ring (bicyclic) bond motifs is 1. The Morgan fingerprint density at radius 3 is 2.15 bits per heavy atom. The normalized spacial score (nSPS) is 16.3. The van der Waals surface area contributed by atoms with Crippen LogP contribution in [0.1, 0.15) is 70.0 Å². The maximum Gasteiger partial charge on any atom is 0.264 e. The zero-order valence-corrected chi connectivity index (χ0v) is 34.0. The maximum absolute atomic E-state index is 13.2. The van der Waals surface area contributed by atoms with Crippen molar-refractivity contribution in [2.45, 2.75) is 50.5 Å². The minimum atomic E-state index is -1.03. The molecule has 1 saturated heterocycles. The largest absolute Gasteiger partial charge is 0.491 e. The van der Waals surface area contributed by atoms with Crippen molar-refractivity contribution >= 4 is 46.9 Å². The lowest BCUT2D eigenvalue weighted by atomic mass is 9.83. The number of piperidine rings is 1. The van der Waals surface area contributed by atoms with Crippen LogP contribution in [0.3, 0.4) is 0 Å². The molecule has 3 aliphatic rings. The quantitative estimate of drug-likeness (QED) is 0.0545. The van der Waals surface area contributed by atoms with Crippen LogP contribution >= 0.6 is 0 Å². The minimum absolute atomic E-state index is 0.0502. The van der Waals surface area contributed by atoms with Gasteiger partial charge < -0.3 is 44.4 Å². The van der Waals surface area contributed by atoms with Crippen molar-refractivity contribution in [3.8, 4) is 5.75 Å². The standard InChI is InChI=1S/C42H53N7O12/c50-36-12-11-34(40(53)46-36)49-41(54)31-5-2-6-32(39(31)42(49)55)43-13-15-56-17-18-57-16-14-44-38(52)27-60-22-21-58-19-20-59-23-24-61-30-9-7-28(8-10-30)25-37(51)45-35-26-33(47-48-35)29-3-1-4-29/h2,5-10,26,29,34,43H,1,3-4,11-25,27H2,(H,44,52)(H,46,50,53)(H2,45,47,48,51). The smallest absolute Gasteiger partial charge is 0.264 e. The van der Waals surface area contributed by atoms with Gasteiger partial charge in [-0.15, -0.1) is 0 Å². The number of anilines is 2. The molecule has 328 valence electrons. The molecule has 1 aliphatic carbocycles. The molecule has 3 aromatic rings. The van der Waals surface area contributed by atoms with Gasteiger partial charge in [0.15, 0.2) is 5.82 Å². The molecular weight excluding hydrogens is 794 g/mol. The summed E-state index contributed by atoms with van der Waals surface area (Å²) in [5.74, 6) is -0.877. The fourth-order valence-electron chi connectivity index (χ4n) is 6.78. The average Bonchev–Trinajstić information content (AvgIpc) is 3.78. The monoisotopic (exact) mass is 847 g/mol. The number of H-pyrrole nitrogens is 1. The highest BCUT2D eigenvalue weighted by Gasteiger charge is 2.45. The molecule has 1 unspecified atom stereocenters. The molecule has 6 rings (SSSR count). The summed E-state index contributed by atoms with van der Waals surface area (Å²) in [6, 6.07) is 13.1. The van der Waals surface area contributed by atoms with Crippen LogP contribution in [0, 0.1) is 0 Å². The lowest BCUT2D eigenvalue weighted by Crippen LogP contribution is -2.54. The van der Waals surface area contributed by atoms with Crippen LogP contribution in [0.25, 0.3) is 0 Å². The molecule has 3 heterocycles. The molecule has 19 heteroatoms. The summed E-state index contributed by atoms with van der Waals surface area (Å²) in [5, 5.41) is 18.1. The highest BCUT2D eigenvalue weighted by atomic mass is 16.6. The Labute approximate surface area is 352 Å². The van der Waals surface area contributed by atoms with Gasteiger partial charge >= 0.3 is 0 Å². The molecule has 6 amide bonds. The SMILES string of the molecule is O=C(COCCOCCOCCOc1ccc(CC(=O)Nc2cc(C3CCC3)[nH]n2)cc1)NCCOCCOCCNc1cccc2c1C(=O)N(C1CCC(=O)NC1=O)C2=O. The van der Waals surface area contributed by atoms with Crippen molar-refractivity contribution < 1.29 is 57.2 Å². The summed E-state index contributed by atoms with van der Waals surface area (Å²) < 4.78 is 33.1. The second-order valence-corrected chi connectivity index (χ2v) is 14.5. The van der Waals surface area contributed by atoms with Gasteiger partial charge in [0, 0.05) is 42.9 Å². The topological polar surface area (TPSA) is 238 Å². The van der Waals surface area contributed by atoms with Crippen molar-refractivity contribution in [3.63, 3.8) is 0 Å². The number of hydrogen-bond donors (Lipinski definition) is 5. The summed E-state index contributed by atoms with van der Waals surface area (Å²) >= 11 is 0. The van der Waals surface area contributed by atoms with Crippen molar-refractivity contribution in [2.24, 2.45) is 0 Å². The van der Waals surface area contributed by atoms with E-state index in [0.29, 0.717) is 95.7 Å². The Kier molecular flexibility index (Phi) is 17.1. The number of carbonyl (C=O) groups excluding carboxylic acids is 6. The summed E-state index contributed by atoms with van der Waals surface area (Å²) in [6.07, 6.45) is 3.94. The van der Waals surface area contributed by atoms with Gasteiger partial charge in [-0.2, -0.15) is 5.10 Å². The first-order chi connectivity index (χ1) is 29.8. The van der Waals surface area contributed by atoms with Crippen molar-refractivity contribution in [1.82, 2.24) is 25.7 Å². The highest BCUT2D eigenvalue weighted by Crippen LogP contribution is 2.36. The van der Waals surface area contributed by atoms with E-state index >= 15 is 0 Å². The van der Waals surface area contributed by atoms with Crippen molar-refractivity contribution in [1.29, 1.82) is 0 Å². The van der Waals surface area contributed by atoms with Crippen LogP contribution in [0.2, 0.25) is 0 Å². The molecule has 1 atom stereocenters. The van der Waals surface area contributed by atoms with Crippen LogP contribution in [-0.2, 0) is 49.3 Å². The van der Waals surface area contributed by atoms with E-state index in [-0.39, 0.29) is 55.4 Å². The van der Waals surface area contributed by atoms with E-state index in [1.54, 1.807) is 12.1 Å². The number of benzene rings is 2. The molecular formula is C42H53N7O12. The number of carbonyl (C=O) groups is 6. The van der Waals surface area contributed by atoms with Gasteiger partial charge in [-0.1, -0.05) is 24.6 Å². The molecule has 0 bridgehead atoms. The molecule has 2 aromatic carbocycles. The Morgan fingerprint density at radius 2 is 1.44 bits per heavy atom. The van der Waals surface area contributed by atoms with E-state index in [2.05, 4.69) is 31.5 Å². The van der Waals surface area contributed by atoms with Crippen LogP contribution < -0.4 is 26.0 Å². The maximum atomic E-state index is 13.2. The first-order valence-electron chi connectivity index (χ1n) is 20.6. The molecule has 19 nitrogen and oxygen atoms in total. The lowest BCUT2D eigenvalue weighted by Gasteiger charge is -2.27. The number of amides is 6. The van der Waals surface area contributed by atoms with Crippen molar-refractivity contribution in [3.05, 3.63) is 70.9 Å². The van der Waals surface area contributed by atoms with E-state index < -0.39 is 29.7 Å². The Hall–Kier alpha value is -5.73. The number of nitrogens with one attached hydrogen (secondary N) is 5. The van der Waals surface area contributed by atoms with E-state index in [1.165, 1.54) is 12.5 Å². The van der Waals surface area contributed by atoms with Gasteiger partial charge in [-0.3, -0.25) is 44.1 Å². The van der Waals surface area contributed by atoms with Gasteiger partial charge in [0.05, 0.1) is 77.0 Å². The number of hydrogen-bond acceptors (Lipinski definition) is 14. The third-order valence-corrected chi connectivity index (χ3v) is 10.1. The molecule has 0 radical (unpaired) electrons. The van der Waals surface area contributed by atoms with Gasteiger partial charge in [-0.05, 0) is 49.1 Å². The van der Waals surface area contributed by atoms with Crippen LogP contribution in [-0.4, -0.2) is 142 Å². The number of imide groups is 2. The number of ether oxygens (including phenoxy) is 6. The van der Waals surface area contributed by atoms with Crippen molar-refractivity contribution in [2.75, 3.05) is 96.4 Å². The Bertz CT molecular complexity index is 1970. The third-order valence-electron chi connectivity index (χ3n) is 10.1. The fourth-order valence-corrected chi connectivity index (χ4v) is 6.78. The Morgan fingerprint density at radius 1 is 0.754 bits per heavy atom. The second kappa shape index (κ2) is 23.3. The molecule has 0 spiro atoms. The number of aromatic nitrogens is 2. The minimum Gasteiger partial charge on any atom is -0.491 e. The molecule has 2 fully saturated rings. The summed E-state index contributed by atoms with van der Waals surface area (Å²) in [5.41, 5.74) is 2.78. The predicted octanol–water partition coefficient (Wildman–Crippen LogP) is 1.95.